The van der Waals surface area contributed by atoms with Crippen LogP contribution < -0.4 is 10.6 Å². The van der Waals surface area contributed by atoms with Gasteiger partial charge in [0.2, 0.25) is 0 Å². The summed E-state index contributed by atoms with van der Waals surface area (Å²) in [6, 6.07) is 6.81. The lowest BCUT2D eigenvalue weighted by Gasteiger charge is -2.46. The van der Waals surface area contributed by atoms with Crippen molar-refractivity contribution < 1.29 is 4.39 Å². The van der Waals surface area contributed by atoms with E-state index in [4.69, 9.17) is 5.73 Å². The van der Waals surface area contributed by atoms with Crippen LogP contribution in [-0.2, 0) is 0 Å². The predicted molar refractivity (Wildman–Crippen MR) is 74.2 cm³/mol. The second-order valence-corrected chi connectivity index (χ2v) is 5.76. The van der Waals surface area contributed by atoms with Crippen molar-refractivity contribution in [3.63, 3.8) is 0 Å². The van der Waals surface area contributed by atoms with Crippen LogP contribution in [0.1, 0.15) is 33.6 Å². The summed E-state index contributed by atoms with van der Waals surface area (Å²) < 4.78 is 13.4. The first-order valence-electron chi connectivity index (χ1n) is 6.70. The third-order valence-corrected chi connectivity index (χ3v) is 4.73. The van der Waals surface area contributed by atoms with Gasteiger partial charge in [-0.1, -0.05) is 13.0 Å². The third kappa shape index (κ3) is 2.01. The van der Waals surface area contributed by atoms with E-state index in [-0.39, 0.29) is 16.8 Å². The van der Waals surface area contributed by atoms with Crippen LogP contribution in [0, 0.1) is 11.2 Å². The summed E-state index contributed by atoms with van der Waals surface area (Å²) >= 11 is 0. The summed E-state index contributed by atoms with van der Waals surface area (Å²) in [5.74, 6) is -0.189. The summed E-state index contributed by atoms with van der Waals surface area (Å²) in [6.45, 7) is 8.02. The third-order valence-electron chi connectivity index (χ3n) is 4.73. The minimum Gasteiger partial charge on any atom is -0.365 e. The van der Waals surface area contributed by atoms with Gasteiger partial charge in [0.15, 0.2) is 0 Å². The topological polar surface area (TPSA) is 29.3 Å². The van der Waals surface area contributed by atoms with Gasteiger partial charge in [-0.3, -0.25) is 0 Å². The molecule has 0 radical (unpaired) electrons. The quantitative estimate of drug-likeness (QED) is 0.869. The second kappa shape index (κ2) is 4.54. The van der Waals surface area contributed by atoms with E-state index < -0.39 is 0 Å². The van der Waals surface area contributed by atoms with Crippen LogP contribution in [0.4, 0.5) is 10.1 Å². The van der Waals surface area contributed by atoms with Gasteiger partial charge >= 0.3 is 0 Å². The van der Waals surface area contributed by atoms with Crippen molar-refractivity contribution in [3.05, 3.63) is 30.1 Å². The van der Waals surface area contributed by atoms with Crippen molar-refractivity contribution >= 4 is 5.69 Å². The molecule has 0 heterocycles. The number of likely N-dealkylation sites (N-methyl/N-ethyl adjacent to an activating group) is 1. The van der Waals surface area contributed by atoms with Crippen molar-refractivity contribution in [1.29, 1.82) is 0 Å². The molecule has 18 heavy (non-hydrogen) atoms. The fraction of sp³-hybridized carbons (Fsp3) is 0.600. The highest BCUT2D eigenvalue weighted by molar-refractivity contribution is 5.50. The molecular weight excluding hydrogens is 227 g/mol. The molecule has 1 aliphatic rings. The smallest absolute Gasteiger partial charge is 0.125 e. The van der Waals surface area contributed by atoms with Crippen molar-refractivity contribution in [2.45, 2.75) is 39.2 Å². The Morgan fingerprint density at radius 3 is 2.56 bits per heavy atom. The molecule has 1 atom stereocenters. The molecule has 0 aromatic heterocycles. The number of nitrogens with two attached hydrogens (primary N) is 1. The number of hydrogen-bond acceptors (Lipinski definition) is 2. The van der Waals surface area contributed by atoms with Gasteiger partial charge < -0.3 is 10.6 Å². The Balaban J connectivity index is 2.38. The van der Waals surface area contributed by atoms with Crippen molar-refractivity contribution in [3.8, 4) is 0 Å². The molecule has 0 aliphatic heterocycles. The normalized spacial score (nSPS) is 20.3. The van der Waals surface area contributed by atoms with Crippen LogP contribution in [0.15, 0.2) is 24.3 Å². The van der Waals surface area contributed by atoms with Gasteiger partial charge in [0, 0.05) is 18.8 Å². The van der Waals surface area contributed by atoms with Gasteiger partial charge in [-0.15, -0.1) is 0 Å². The summed E-state index contributed by atoms with van der Waals surface area (Å²) in [6.07, 6.45) is 2.40. The van der Waals surface area contributed by atoms with E-state index in [1.807, 2.05) is 6.07 Å². The Morgan fingerprint density at radius 1 is 1.44 bits per heavy atom. The summed E-state index contributed by atoms with van der Waals surface area (Å²) in [7, 11) is 0. The first kappa shape index (κ1) is 13.3. The minimum absolute atomic E-state index is 0.102. The molecule has 1 fully saturated rings. The Labute approximate surface area is 109 Å². The van der Waals surface area contributed by atoms with Crippen LogP contribution in [0.2, 0.25) is 0 Å². The molecule has 2 nitrogen and oxygen atoms in total. The maximum atomic E-state index is 13.4. The molecule has 1 aromatic carbocycles. The van der Waals surface area contributed by atoms with E-state index in [9.17, 15) is 4.39 Å². The molecule has 0 spiro atoms. The van der Waals surface area contributed by atoms with E-state index >= 15 is 0 Å². The highest BCUT2D eigenvalue weighted by Gasteiger charge is 2.55. The van der Waals surface area contributed by atoms with Crippen LogP contribution in [0.3, 0.4) is 0 Å². The number of hydrogen-bond donors (Lipinski definition) is 1. The van der Waals surface area contributed by atoms with Gasteiger partial charge in [-0.2, -0.15) is 0 Å². The van der Waals surface area contributed by atoms with E-state index in [1.54, 1.807) is 12.1 Å². The molecule has 2 rings (SSSR count). The maximum absolute atomic E-state index is 13.4. The minimum atomic E-state index is -0.189. The molecule has 1 saturated carbocycles. The van der Waals surface area contributed by atoms with Crippen LogP contribution >= 0.6 is 0 Å². The largest absolute Gasteiger partial charge is 0.365 e. The monoisotopic (exact) mass is 250 g/mol. The average molecular weight is 250 g/mol. The second-order valence-electron chi connectivity index (χ2n) is 5.76. The number of halogens is 1. The lowest BCUT2D eigenvalue weighted by molar-refractivity contribution is 0.280. The standard InChI is InChI=1S/C15H23FN2/c1-4-18(13-7-5-6-12(16)10-13)15(3,11-17)14(2)8-9-14/h5-7,10H,4,8-9,11,17H2,1-3H3. The van der Waals surface area contributed by atoms with Crippen LogP contribution in [-0.4, -0.2) is 18.6 Å². The summed E-state index contributed by atoms with van der Waals surface area (Å²) in [5.41, 5.74) is 7.13. The number of benzene rings is 1. The lowest BCUT2D eigenvalue weighted by atomic mass is 9.81. The van der Waals surface area contributed by atoms with Gasteiger partial charge in [0.05, 0.1) is 5.54 Å². The Kier molecular flexibility index (Phi) is 3.37. The van der Waals surface area contributed by atoms with Crippen molar-refractivity contribution in [1.82, 2.24) is 0 Å². The molecule has 100 valence electrons. The van der Waals surface area contributed by atoms with Crippen molar-refractivity contribution in [2.24, 2.45) is 11.1 Å². The highest BCUT2D eigenvalue weighted by atomic mass is 19.1. The maximum Gasteiger partial charge on any atom is 0.125 e. The van der Waals surface area contributed by atoms with Crippen LogP contribution in [0.5, 0.6) is 0 Å². The van der Waals surface area contributed by atoms with Gasteiger partial charge in [0.25, 0.3) is 0 Å². The molecule has 0 saturated heterocycles. The molecule has 1 aromatic rings. The predicted octanol–water partition coefficient (Wildman–Crippen LogP) is 3.17. The fourth-order valence-corrected chi connectivity index (χ4v) is 2.87. The summed E-state index contributed by atoms with van der Waals surface area (Å²) in [4.78, 5) is 2.25. The number of rotatable bonds is 5. The van der Waals surface area contributed by atoms with E-state index in [0.29, 0.717) is 6.54 Å². The zero-order chi connectivity index (χ0) is 13.4. The first-order valence-corrected chi connectivity index (χ1v) is 6.70. The van der Waals surface area contributed by atoms with Crippen LogP contribution in [0.25, 0.3) is 0 Å². The molecule has 3 heteroatoms. The van der Waals surface area contributed by atoms with Gasteiger partial charge in [-0.25, -0.2) is 4.39 Å². The molecule has 1 unspecified atom stereocenters. The fourth-order valence-electron chi connectivity index (χ4n) is 2.87. The molecule has 0 bridgehead atoms. The zero-order valence-corrected chi connectivity index (χ0v) is 11.5. The van der Waals surface area contributed by atoms with E-state index in [0.717, 1.165) is 12.2 Å². The average Bonchev–Trinajstić information content (AvgIpc) is 3.09. The summed E-state index contributed by atoms with van der Waals surface area (Å²) in [5, 5.41) is 0. The van der Waals surface area contributed by atoms with E-state index in [1.165, 1.54) is 18.9 Å². The van der Waals surface area contributed by atoms with Gasteiger partial charge in [-0.05, 0) is 50.3 Å². The number of anilines is 1. The molecule has 1 aliphatic carbocycles. The Morgan fingerprint density at radius 2 is 2.11 bits per heavy atom. The zero-order valence-electron chi connectivity index (χ0n) is 11.5. The Bertz CT molecular complexity index is 428. The SMILES string of the molecule is CCN(c1cccc(F)c1)C(C)(CN)C1(C)CC1. The van der Waals surface area contributed by atoms with Gasteiger partial charge in [0.1, 0.15) is 5.82 Å². The molecular formula is C15H23FN2. The molecule has 0 amide bonds. The number of nitrogens with zero attached hydrogens (tertiary/aromatic N) is 1. The first-order chi connectivity index (χ1) is 8.47. The highest BCUT2D eigenvalue weighted by Crippen LogP contribution is 2.56. The van der Waals surface area contributed by atoms with Crippen molar-refractivity contribution in [2.75, 3.05) is 18.0 Å². The molecule has 2 N–H and O–H groups in total. The van der Waals surface area contributed by atoms with E-state index in [2.05, 4.69) is 25.7 Å². The lowest BCUT2D eigenvalue weighted by Crippen LogP contribution is -2.57. The Hall–Kier alpha value is -1.09.